The van der Waals surface area contributed by atoms with Gasteiger partial charge >= 0.3 is 0 Å². The SMILES string of the molecule is C=C(Nc1ccc(Cl)c(Cl)c1)/C(C)=C(/Cl)N=C(N)CF. The van der Waals surface area contributed by atoms with Crippen LogP contribution in [0.1, 0.15) is 6.92 Å². The molecule has 0 heterocycles. The molecule has 0 unspecified atom stereocenters. The van der Waals surface area contributed by atoms with Gasteiger partial charge in [0.1, 0.15) is 17.7 Å². The smallest absolute Gasteiger partial charge is 0.147 e. The molecule has 7 heteroatoms. The Labute approximate surface area is 131 Å². The fourth-order valence-corrected chi connectivity index (χ4v) is 1.73. The fourth-order valence-electron chi connectivity index (χ4n) is 1.21. The molecule has 1 aromatic carbocycles. The van der Waals surface area contributed by atoms with E-state index in [1.165, 1.54) is 0 Å². The Morgan fingerprint density at radius 1 is 1.40 bits per heavy atom. The van der Waals surface area contributed by atoms with Gasteiger partial charge in [-0.05, 0) is 25.1 Å². The van der Waals surface area contributed by atoms with Crippen LogP contribution in [0.15, 0.2) is 46.2 Å². The quantitative estimate of drug-likeness (QED) is 0.354. The fraction of sp³-hybridized carbons (Fsp3) is 0.154. The molecule has 0 spiro atoms. The van der Waals surface area contributed by atoms with Gasteiger partial charge in [-0.25, -0.2) is 9.38 Å². The predicted molar refractivity (Wildman–Crippen MR) is 85.4 cm³/mol. The number of benzene rings is 1. The normalized spacial score (nSPS) is 12.9. The summed E-state index contributed by atoms with van der Waals surface area (Å²) in [5.74, 6) is -0.198. The summed E-state index contributed by atoms with van der Waals surface area (Å²) in [4.78, 5) is 3.71. The molecule has 0 saturated carbocycles. The second-order valence-corrected chi connectivity index (χ2v) is 5.06. The minimum absolute atomic E-state index is 0.0673. The number of allylic oxidation sites excluding steroid dienone is 1. The van der Waals surface area contributed by atoms with E-state index in [1.807, 2.05) is 0 Å². The van der Waals surface area contributed by atoms with Gasteiger partial charge in [0.2, 0.25) is 0 Å². The zero-order valence-electron chi connectivity index (χ0n) is 10.7. The van der Waals surface area contributed by atoms with Crippen molar-refractivity contribution in [1.29, 1.82) is 0 Å². The molecule has 0 saturated heterocycles. The standard InChI is InChI=1S/C13H13Cl3FN3/c1-7(13(16)20-12(18)6-17)8(2)19-9-3-4-10(14)11(15)5-9/h3-5,19H,2,6H2,1H3,(H2,18,20)/b13-7-. The van der Waals surface area contributed by atoms with Crippen LogP contribution in [0.5, 0.6) is 0 Å². The summed E-state index contributed by atoms with van der Waals surface area (Å²) in [6.07, 6.45) is 0. The molecule has 20 heavy (non-hydrogen) atoms. The van der Waals surface area contributed by atoms with Crippen molar-refractivity contribution in [2.24, 2.45) is 10.7 Å². The number of aliphatic imine (C=N–C) groups is 1. The molecule has 0 fully saturated rings. The molecule has 3 nitrogen and oxygen atoms in total. The van der Waals surface area contributed by atoms with Gasteiger partial charge in [-0.15, -0.1) is 0 Å². The van der Waals surface area contributed by atoms with E-state index in [0.29, 0.717) is 27.0 Å². The number of anilines is 1. The molecule has 0 aromatic heterocycles. The van der Waals surface area contributed by atoms with Crippen LogP contribution in [-0.2, 0) is 0 Å². The van der Waals surface area contributed by atoms with Gasteiger partial charge in [-0.1, -0.05) is 41.4 Å². The maximum Gasteiger partial charge on any atom is 0.147 e. The highest BCUT2D eigenvalue weighted by molar-refractivity contribution is 6.42. The van der Waals surface area contributed by atoms with Crippen molar-refractivity contribution < 1.29 is 4.39 Å². The average Bonchev–Trinajstić information content (AvgIpc) is 2.41. The molecule has 0 bridgehead atoms. The lowest BCUT2D eigenvalue weighted by Crippen LogP contribution is -2.13. The second kappa shape index (κ2) is 7.53. The van der Waals surface area contributed by atoms with Gasteiger partial charge < -0.3 is 11.1 Å². The lowest BCUT2D eigenvalue weighted by molar-refractivity contribution is 0.578. The van der Waals surface area contributed by atoms with Gasteiger partial charge in [0.15, 0.2) is 0 Å². The van der Waals surface area contributed by atoms with E-state index in [2.05, 4.69) is 16.9 Å². The molecule has 0 amide bonds. The molecular weight excluding hydrogens is 324 g/mol. The number of hydrogen-bond acceptors (Lipinski definition) is 2. The first-order valence-corrected chi connectivity index (χ1v) is 6.65. The number of halogens is 4. The minimum Gasteiger partial charge on any atom is -0.385 e. The van der Waals surface area contributed by atoms with Gasteiger partial charge in [0.25, 0.3) is 0 Å². The number of nitrogens with two attached hydrogens (primary N) is 1. The molecule has 0 aliphatic rings. The van der Waals surface area contributed by atoms with E-state index < -0.39 is 6.67 Å². The summed E-state index contributed by atoms with van der Waals surface area (Å²) in [7, 11) is 0. The van der Waals surface area contributed by atoms with Crippen molar-refractivity contribution in [3.63, 3.8) is 0 Å². The first kappa shape index (κ1) is 16.8. The Bertz CT molecular complexity index is 582. The zero-order valence-corrected chi connectivity index (χ0v) is 13.0. The highest BCUT2D eigenvalue weighted by atomic mass is 35.5. The van der Waals surface area contributed by atoms with Crippen LogP contribution in [0.25, 0.3) is 0 Å². The van der Waals surface area contributed by atoms with Crippen molar-refractivity contribution in [3.05, 3.63) is 51.2 Å². The van der Waals surface area contributed by atoms with Crippen molar-refractivity contribution in [2.45, 2.75) is 6.92 Å². The van der Waals surface area contributed by atoms with E-state index >= 15 is 0 Å². The molecule has 3 N–H and O–H groups in total. The molecule has 0 aliphatic carbocycles. The summed E-state index contributed by atoms with van der Waals surface area (Å²) in [5, 5.41) is 3.93. The van der Waals surface area contributed by atoms with Crippen LogP contribution in [-0.4, -0.2) is 12.5 Å². The van der Waals surface area contributed by atoms with Crippen LogP contribution in [0.3, 0.4) is 0 Å². The molecule has 0 atom stereocenters. The van der Waals surface area contributed by atoms with E-state index in [-0.39, 0.29) is 11.0 Å². The molecule has 1 rings (SSSR count). The highest BCUT2D eigenvalue weighted by Crippen LogP contribution is 2.27. The molecular formula is C13H13Cl3FN3. The van der Waals surface area contributed by atoms with Crippen molar-refractivity contribution in [2.75, 3.05) is 12.0 Å². The largest absolute Gasteiger partial charge is 0.385 e. The Balaban J connectivity index is 2.90. The number of hydrogen-bond donors (Lipinski definition) is 2. The monoisotopic (exact) mass is 335 g/mol. The molecule has 1 aromatic rings. The van der Waals surface area contributed by atoms with Crippen LogP contribution in [0, 0.1) is 0 Å². The number of alkyl halides is 1. The Kier molecular flexibility index (Phi) is 6.33. The van der Waals surface area contributed by atoms with Crippen LogP contribution in [0.4, 0.5) is 10.1 Å². The first-order valence-electron chi connectivity index (χ1n) is 5.52. The second-order valence-electron chi connectivity index (χ2n) is 3.89. The van der Waals surface area contributed by atoms with Gasteiger partial charge in [-0.3, -0.25) is 0 Å². The Morgan fingerprint density at radius 3 is 2.60 bits per heavy atom. The Morgan fingerprint density at radius 2 is 2.05 bits per heavy atom. The highest BCUT2D eigenvalue weighted by Gasteiger charge is 2.06. The summed E-state index contributed by atoms with van der Waals surface area (Å²) in [5.41, 5.74) is 6.99. The van der Waals surface area contributed by atoms with Gasteiger partial charge in [0.05, 0.1) is 10.0 Å². The number of nitrogens with zero attached hydrogens (tertiary/aromatic N) is 1. The third-order valence-corrected chi connectivity index (χ3v) is 3.46. The number of nitrogens with one attached hydrogen (secondary N) is 1. The maximum atomic E-state index is 12.2. The molecule has 0 aliphatic heterocycles. The maximum absolute atomic E-state index is 12.2. The first-order chi connectivity index (χ1) is 9.35. The summed E-state index contributed by atoms with van der Waals surface area (Å²) in [6, 6.07) is 5.04. The number of rotatable bonds is 5. The van der Waals surface area contributed by atoms with Crippen LogP contribution < -0.4 is 11.1 Å². The summed E-state index contributed by atoms with van der Waals surface area (Å²) >= 11 is 17.7. The van der Waals surface area contributed by atoms with Gasteiger partial charge in [0, 0.05) is 17.0 Å². The van der Waals surface area contributed by atoms with E-state index in [1.54, 1.807) is 25.1 Å². The van der Waals surface area contributed by atoms with Crippen LogP contribution >= 0.6 is 34.8 Å². The van der Waals surface area contributed by atoms with Crippen molar-refractivity contribution in [3.8, 4) is 0 Å². The molecule has 0 radical (unpaired) electrons. The predicted octanol–water partition coefficient (Wildman–Crippen LogP) is 4.72. The topological polar surface area (TPSA) is 50.4 Å². The average molecular weight is 337 g/mol. The van der Waals surface area contributed by atoms with Crippen molar-refractivity contribution in [1.82, 2.24) is 0 Å². The van der Waals surface area contributed by atoms with Gasteiger partial charge in [-0.2, -0.15) is 0 Å². The van der Waals surface area contributed by atoms with Crippen LogP contribution in [0.2, 0.25) is 10.0 Å². The van der Waals surface area contributed by atoms with E-state index in [9.17, 15) is 4.39 Å². The van der Waals surface area contributed by atoms with E-state index in [4.69, 9.17) is 40.5 Å². The lowest BCUT2D eigenvalue weighted by atomic mass is 10.2. The Hall–Kier alpha value is -1.23. The van der Waals surface area contributed by atoms with Crippen molar-refractivity contribution >= 4 is 46.3 Å². The number of amidine groups is 1. The van der Waals surface area contributed by atoms with E-state index in [0.717, 1.165) is 0 Å². The third kappa shape index (κ3) is 4.71. The minimum atomic E-state index is -0.865. The summed E-state index contributed by atoms with van der Waals surface area (Å²) < 4.78 is 12.2. The molecule has 108 valence electrons. The summed E-state index contributed by atoms with van der Waals surface area (Å²) in [6.45, 7) is 4.64. The lowest BCUT2D eigenvalue weighted by Gasteiger charge is -2.11. The zero-order chi connectivity index (χ0) is 15.3. The third-order valence-electron chi connectivity index (χ3n) is 2.36.